The summed E-state index contributed by atoms with van der Waals surface area (Å²) >= 11 is 6.91. The van der Waals surface area contributed by atoms with Gasteiger partial charge in [0.05, 0.1) is 35.6 Å². The van der Waals surface area contributed by atoms with Gasteiger partial charge in [-0.05, 0) is 41.4 Å². The van der Waals surface area contributed by atoms with Gasteiger partial charge in [-0.2, -0.15) is 4.98 Å². The molecule has 6 rings (SSSR count). The van der Waals surface area contributed by atoms with Crippen molar-refractivity contribution < 1.29 is 23.4 Å². The molecule has 0 radical (unpaired) electrons. The SMILES string of the molecule is CC(C)(C)[Si](C)(C)O[C@@H]1CO[C@H]2[C@@H]1OC[C@H]2Oc1nc2nc(-c3ccc(-c4ccccc4)cc3)c(Cl)cc2n1COCC[Si](C)(C)C. The summed E-state index contributed by atoms with van der Waals surface area (Å²) in [6.07, 6.45) is -0.889. The maximum atomic E-state index is 6.91. The molecule has 0 spiro atoms. The van der Waals surface area contributed by atoms with E-state index in [9.17, 15) is 0 Å². The van der Waals surface area contributed by atoms with Crippen molar-refractivity contribution in [2.24, 2.45) is 0 Å². The first-order chi connectivity index (χ1) is 22.2. The highest BCUT2D eigenvalue weighted by Crippen LogP contribution is 2.41. The smallest absolute Gasteiger partial charge is 0.301 e. The van der Waals surface area contributed by atoms with Crippen molar-refractivity contribution in [2.75, 3.05) is 19.8 Å². The van der Waals surface area contributed by atoms with E-state index in [0.717, 1.165) is 28.3 Å². The standard InChI is InChI=1S/C36H48ClN3O5Si2/c1-36(2,3)47(7,8)45-30-22-43-32-29(21-42-33(30)32)44-35-39-34-28(40(35)23-41-18-19-46(4,5)6)20-27(37)31(38-34)26-16-14-25(15-17-26)24-12-10-9-11-13-24/h9-17,20,29-30,32-33H,18-19,21-23H2,1-8H3/t29-,30-,32-,33-/m1/s1. The summed E-state index contributed by atoms with van der Waals surface area (Å²) in [6, 6.07) is 22.0. The van der Waals surface area contributed by atoms with Crippen LogP contribution in [-0.2, 0) is 25.4 Å². The van der Waals surface area contributed by atoms with Gasteiger partial charge in [0, 0.05) is 20.2 Å². The van der Waals surface area contributed by atoms with Crippen LogP contribution in [0, 0.1) is 0 Å². The molecular weight excluding hydrogens is 646 g/mol. The first-order valence-corrected chi connectivity index (χ1v) is 23.6. The van der Waals surface area contributed by atoms with E-state index in [0.29, 0.717) is 42.2 Å². The molecule has 0 aliphatic carbocycles. The van der Waals surface area contributed by atoms with Gasteiger partial charge in [-0.1, -0.05) is 107 Å². The zero-order chi connectivity index (χ0) is 33.6. The minimum Gasteiger partial charge on any atom is -0.456 e. The molecule has 252 valence electrons. The lowest BCUT2D eigenvalue weighted by atomic mass is 10.0. The third kappa shape index (κ3) is 7.54. The van der Waals surface area contributed by atoms with E-state index in [4.69, 9.17) is 44.9 Å². The fourth-order valence-electron chi connectivity index (χ4n) is 5.73. The van der Waals surface area contributed by atoms with Crippen molar-refractivity contribution in [1.29, 1.82) is 0 Å². The number of rotatable bonds is 11. The number of hydrogen-bond donors (Lipinski definition) is 0. The van der Waals surface area contributed by atoms with Crippen molar-refractivity contribution in [2.45, 2.75) is 95.7 Å². The minimum atomic E-state index is -2.00. The van der Waals surface area contributed by atoms with E-state index in [1.165, 1.54) is 0 Å². The van der Waals surface area contributed by atoms with Crippen LogP contribution in [0.1, 0.15) is 20.8 Å². The van der Waals surface area contributed by atoms with Crippen molar-refractivity contribution in [3.05, 3.63) is 65.7 Å². The number of benzene rings is 2. The first kappa shape index (κ1) is 34.3. The van der Waals surface area contributed by atoms with Gasteiger partial charge < -0.3 is 23.4 Å². The topological polar surface area (TPSA) is 76.9 Å². The monoisotopic (exact) mass is 693 g/mol. The van der Waals surface area contributed by atoms with Crippen molar-refractivity contribution >= 4 is 39.2 Å². The average Bonchev–Trinajstić information content (AvgIpc) is 3.69. The summed E-state index contributed by atoms with van der Waals surface area (Å²) in [5, 5.41) is 0.630. The predicted octanol–water partition coefficient (Wildman–Crippen LogP) is 8.67. The van der Waals surface area contributed by atoms with Gasteiger partial charge in [-0.25, -0.2) is 4.98 Å². The minimum absolute atomic E-state index is 0.0942. The van der Waals surface area contributed by atoms with Crippen LogP contribution in [0.2, 0.25) is 48.8 Å². The molecule has 0 bridgehead atoms. The zero-order valence-corrected chi connectivity index (χ0v) is 31.6. The Morgan fingerprint density at radius 3 is 2.13 bits per heavy atom. The van der Waals surface area contributed by atoms with E-state index >= 15 is 0 Å². The number of pyridine rings is 1. The predicted molar refractivity (Wildman–Crippen MR) is 193 cm³/mol. The number of halogens is 1. The summed E-state index contributed by atoms with van der Waals surface area (Å²) in [5.74, 6) is 0. The number of fused-ring (bicyclic) bond motifs is 2. The third-order valence-corrected chi connectivity index (χ3v) is 16.1. The summed E-state index contributed by atoms with van der Waals surface area (Å²) in [4.78, 5) is 9.83. The Balaban J connectivity index is 1.26. The molecule has 2 aromatic carbocycles. The van der Waals surface area contributed by atoms with E-state index in [-0.39, 0.29) is 36.2 Å². The van der Waals surface area contributed by atoms with Gasteiger partial charge in [0.25, 0.3) is 0 Å². The third-order valence-electron chi connectivity index (χ3n) is 9.61. The molecule has 0 amide bonds. The number of nitrogens with zero attached hydrogens (tertiary/aromatic N) is 3. The Labute approximate surface area is 285 Å². The van der Waals surface area contributed by atoms with E-state index in [1.807, 2.05) is 41.0 Å². The molecule has 0 saturated carbocycles. The lowest BCUT2D eigenvalue weighted by molar-refractivity contribution is 0.00691. The number of ether oxygens (including phenoxy) is 4. The second-order valence-electron chi connectivity index (χ2n) is 15.4. The summed E-state index contributed by atoms with van der Waals surface area (Å²) in [7, 11) is -3.26. The van der Waals surface area contributed by atoms with Gasteiger partial charge in [0.2, 0.25) is 0 Å². The van der Waals surface area contributed by atoms with E-state index in [1.54, 1.807) is 0 Å². The van der Waals surface area contributed by atoms with Gasteiger partial charge in [-0.3, -0.25) is 4.57 Å². The molecule has 8 nitrogen and oxygen atoms in total. The molecule has 2 saturated heterocycles. The maximum absolute atomic E-state index is 6.91. The number of imidazole rings is 1. The Bertz CT molecular complexity index is 1690. The highest BCUT2D eigenvalue weighted by molar-refractivity contribution is 6.76. The van der Waals surface area contributed by atoms with Gasteiger partial charge in [0.15, 0.2) is 20.1 Å². The highest BCUT2D eigenvalue weighted by atomic mass is 35.5. The number of aromatic nitrogens is 3. The van der Waals surface area contributed by atoms with Crippen molar-refractivity contribution in [3.63, 3.8) is 0 Å². The molecule has 4 aromatic rings. The van der Waals surface area contributed by atoms with Crippen LogP contribution in [-0.4, -0.2) is 75.2 Å². The first-order valence-electron chi connectivity index (χ1n) is 16.6. The molecule has 2 aliphatic heterocycles. The highest BCUT2D eigenvalue weighted by Gasteiger charge is 2.52. The molecular formula is C36H48ClN3O5Si2. The summed E-state index contributed by atoms with van der Waals surface area (Å²) in [5.41, 5.74) is 5.17. The maximum Gasteiger partial charge on any atom is 0.301 e. The van der Waals surface area contributed by atoms with Crippen LogP contribution in [0.5, 0.6) is 6.01 Å². The second kappa shape index (κ2) is 13.4. The summed E-state index contributed by atoms with van der Waals surface area (Å²) < 4.78 is 34.0. The van der Waals surface area contributed by atoms with Gasteiger partial charge in [-0.15, -0.1) is 0 Å². The average molecular weight is 694 g/mol. The molecule has 2 aliphatic rings. The zero-order valence-electron chi connectivity index (χ0n) is 28.9. The number of hydrogen-bond acceptors (Lipinski definition) is 7. The quantitative estimate of drug-likeness (QED) is 0.115. The van der Waals surface area contributed by atoms with Crippen molar-refractivity contribution in [1.82, 2.24) is 14.5 Å². The lowest BCUT2D eigenvalue weighted by Crippen LogP contribution is -2.47. The second-order valence-corrected chi connectivity index (χ2v) is 26.2. The molecule has 4 heterocycles. The molecule has 2 aromatic heterocycles. The van der Waals surface area contributed by atoms with Gasteiger partial charge in [0.1, 0.15) is 18.9 Å². The van der Waals surface area contributed by atoms with Crippen LogP contribution < -0.4 is 4.74 Å². The normalized spacial score (nSPS) is 21.8. The Morgan fingerprint density at radius 2 is 1.47 bits per heavy atom. The van der Waals surface area contributed by atoms with Crippen LogP contribution in [0.25, 0.3) is 33.5 Å². The van der Waals surface area contributed by atoms with Crippen LogP contribution >= 0.6 is 11.6 Å². The Hall–Kier alpha value is -2.58. The fourth-order valence-corrected chi connectivity index (χ4v) is 8.05. The van der Waals surface area contributed by atoms with Crippen LogP contribution in [0.15, 0.2) is 60.7 Å². The summed E-state index contributed by atoms with van der Waals surface area (Å²) in [6.45, 7) is 20.1. The lowest BCUT2D eigenvalue weighted by Gasteiger charge is -2.39. The molecule has 0 N–H and O–H groups in total. The van der Waals surface area contributed by atoms with E-state index < -0.39 is 16.4 Å². The van der Waals surface area contributed by atoms with Crippen molar-refractivity contribution in [3.8, 4) is 28.4 Å². The largest absolute Gasteiger partial charge is 0.456 e. The molecule has 47 heavy (non-hydrogen) atoms. The molecule has 0 unspecified atom stereocenters. The molecule has 11 heteroatoms. The molecule has 4 atom stereocenters. The van der Waals surface area contributed by atoms with Crippen LogP contribution in [0.3, 0.4) is 0 Å². The van der Waals surface area contributed by atoms with Crippen LogP contribution in [0.4, 0.5) is 0 Å². The molecule has 2 fully saturated rings. The Kier molecular flexibility index (Phi) is 9.76. The Morgan fingerprint density at radius 1 is 0.851 bits per heavy atom. The van der Waals surface area contributed by atoms with Gasteiger partial charge >= 0.3 is 6.01 Å². The fraction of sp³-hybridized carbons (Fsp3) is 0.500. The van der Waals surface area contributed by atoms with E-state index in [2.05, 4.69) is 77.8 Å².